The van der Waals surface area contributed by atoms with E-state index >= 15 is 0 Å². The third-order valence-electron chi connectivity index (χ3n) is 3.50. The third-order valence-corrected chi connectivity index (χ3v) is 3.50. The highest BCUT2D eigenvalue weighted by Crippen LogP contribution is 2.24. The van der Waals surface area contributed by atoms with Gasteiger partial charge in [0.2, 0.25) is 5.95 Å². The van der Waals surface area contributed by atoms with E-state index in [9.17, 15) is 0 Å². The molecule has 2 aliphatic heterocycles. The summed E-state index contributed by atoms with van der Waals surface area (Å²) in [5.41, 5.74) is 5.57. The number of nitrogen functional groups attached to an aromatic ring is 1. The van der Waals surface area contributed by atoms with Gasteiger partial charge in [-0.25, -0.2) is 4.98 Å². The van der Waals surface area contributed by atoms with Gasteiger partial charge in [0.25, 0.3) is 0 Å². The molecular weight excluding hydrogens is 202 g/mol. The smallest absolute Gasteiger partial charge is 0.221 e. The summed E-state index contributed by atoms with van der Waals surface area (Å²) in [5.74, 6) is 1.32. The van der Waals surface area contributed by atoms with Gasteiger partial charge in [0.05, 0.1) is 0 Å². The van der Waals surface area contributed by atoms with E-state index in [0.29, 0.717) is 5.95 Å². The van der Waals surface area contributed by atoms with Crippen molar-refractivity contribution in [1.29, 1.82) is 0 Å². The quantitative estimate of drug-likeness (QED) is 0.777. The Morgan fingerprint density at radius 3 is 2.69 bits per heavy atom. The van der Waals surface area contributed by atoms with Crippen LogP contribution in [0.25, 0.3) is 0 Å². The van der Waals surface area contributed by atoms with Gasteiger partial charge in [-0.3, -0.25) is 4.90 Å². The monoisotopic (exact) mass is 219 g/mol. The van der Waals surface area contributed by atoms with Crippen molar-refractivity contribution in [3.8, 4) is 0 Å². The number of likely N-dealkylation sites (tertiary alicyclic amines) is 1. The summed E-state index contributed by atoms with van der Waals surface area (Å²) in [7, 11) is 0. The Bertz CT molecular complexity index is 368. The summed E-state index contributed by atoms with van der Waals surface area (Å²) in [4.78, 5) is 13.0. The Balaban J connectivity index is 1.60. The minimum Gasteiger partial charge on any atom is -0.368 e. The van der Waals surface area contributed by atoms with Gasteiger partial charge >= 0.3 is 0 Å². The van der Waals surface area contributed by atoms with Crippen molar-refractivity contribution in [3.63, 3.8) is 0 Å². The topological polar surface area (TPSA) is 58.3 Å². The van der Waals surface area contributed by atoms with Crippen LogP contribution in [0.3, 0.4) is 0 Å². The normalized spacial score (nSPS) is 22.4. The first-order valence-electron chi connectivity index (χ1n) is 5.90. The van der Waals surface area contributed by atoms with Crippen LogP contribution in [0.15, 0.2) is 12.3 Å². The average molecular weight is 219 g/mol. The van der Waals surface area contributed by atoms with Crippen molar-refractivity contribution in [2.45, 2.75) is 18.9 Å². The van der Waals surface area contributed by atoms with E-state index in [1.165, 1.54) is 25.9 Å². The number of aromatic nitrogens is 2. The zero-order chi connectivity index (χ0) is 11.0. The number of nitrogens with zero attached hydrogens (tertiary/aromatic N) is 4. The first kappa shape index (κ1) is 9.84. The summed E-state index contributed by atoms with van der Waals surface area (Å²) in [6, 6.07) is 2.65. The van der Waals surface area contributed by atoms with Crippen LogP contribution >= 0.6 is 0 Å². The average Bonchev–Trinajstić information content (AvgIpc) is 2.69. The number of hydrogen-bond acceptors (Lipinski definition) is 5. The second kappa shape index (κ2) is 3.90. The van der Waals surface area contributed by atoms with Gasteiger partial charge in [0, 0.05) is 25.3 Å². The number of anilines is 2. The molecule has 0 atom stereocenters. The number of rotatable bonds is 2. The molecule has 0 radical (unpaired) electrons. The Morgan fingerprint density at radius 1 is 1.25 bits per heavy atom. The summed E-state index contributed by atoms with van der Waals surface area (Å²) in [6.07, 6.45) is 4.44. The van der Waals surface area contributed by atoms with Gasteiger partial charge in [-0.2, -0.15) is 4.98 Å². The molecule has 16 heavy (non-hydrogen) atoms. The largest absolute Gasteiger partial charge is 0.368 e. The Hall–Kier alpha value is -1.36. The molecule has 3 rings (SSSR count). The van der Waals surface area contributed by atoms with Gasteiger partial charge < -0.3 is 10.6 Å². The SMILES string of the molecule is Nc1nccc(N2CC(N3CCCC3)C2)n1. The fourth-order valence-electron chi connectivity index (χ4n) is 2.52. The molecule has 2 saturated heterocycles. The van der Waals surface area contributed by atoms with Crippen molar-refractivity contribution in [1.82, 2.24) is 14.9 Å². The second-order valence-corrected chi connectivity index (χ2v) is 4.57. The molecule has 0 spiro atoms. The van der Waals surface area contributed by atoms with Crippen LogP contribution in [0.4, 0.5) is 11.8 Å². The van der Waals surface area contributed by atoms with Crippen molar-refractivity contribution in [2.75, 3.05) is 36.8 Å². The second-order valence-electron chi connectivity index (χ2n) is 4.57. The molecule has 3 heterocycles. The van der Waals surface area contributed by atoms with Crippen LogP contribution in [0, 0.1) is 0 Å². The lowest BCUT2D eigenvalue weighted by Crippen LogP contribution is -2.59. The highest BCUT2D eigenvalue weighted by Gasteiger charge is 2.33. The standard InChI is InChI=1S/C11H17N5/c12-11-13-4-3-10(14-11)16-7-9(8-16)15-5-1-2-6-15/h3-4,9H,1-2,5-8H2,(H2,12,13,14). The van der Waals surface area contributed by atoms with E-state index in [4.69, 9.17) is 5.73 Å². The molecule has 2 aliphatic rings. The van der Waals surface area contributed by atoms with Crippen LogP contribution in [0.5, 0.6) is 0 Å². The predicted octanol–water partition coefficient (Wildman–Crippen LogP) is 0.343. The lowest BCUT2D eigenvalue weighted by atomic mass is 10.1. The minimum atomic E-state index is 0.363. The molecular formula is C11H17N5. The molecule has 5 heteroatoms. The number of hydrogen-bond donors (Lipinski definition) is 1. The van der Waals surface area contributed by atoms with Crippen molar-refractivity contribution in [2.24, 2.45) is 0 Å². The lowest BCUT2D eigenvalue weighted by Gasteiger charge is -2.44. The highest BCUT2D eigenvalue weighted by molar-refractivity contribution is 5.44. The van der Waals surface area contributed by atoms with Crippen LogP contribution < -0.4 is 10.6 Å². The molecule has 0 unspecified atom stereocenters. The predicted molar refractivity (Wildman–Crippen MR) is 63.3 cm³/mol. The fourth-order valence-corrected chi connectivity index (χ4v) is 2.52. The maximum Gasteiger partial charge on any atom is 0.221 e. The molecule has 1 aromatic heterocycles. The Morgan fingerprint density at radius 2 is 2.00 bits per heavy atom. The van der Waals surface area contributed by atoms with Crippen molar-refractivity contribution >= 4 is 11.8 Å². The minimum absolute atomic E-state index is 0.363. The van der Waals surface area contributed by atoms with Gasteiger partial charge in [-0.1, -0.05) is 0 Å². The van der Waals surface area contributed by atoms with Gasteiger partial charge in [0.1, 0.15) is 5.82 Å². The van der Waals surface area contributed by atoms with Crippen molar-refractivity contribution < 1.29 is 0 Å². The molecule has 0 bridgehead atoms. The molecule has 1 aromatic rings. The van der Waals surface area contributed by atoms with Gasteiger partial charge in [-0.05, 0) is 32.0 Å². The maximum atomic E-state index is 5.57. The maximum absolute atomic E-state index is 5.57. The molecule has 5 nitrogen and oxygen atoms in total. The van der Waals surface area contributed by atoms with E-state index in [-0.39, 0.29) is 0 Å². The van der Waals surface area contributed by atoms with E-state index in [1.807, 2.05) is 6.07 Å². The molecule has 86 valence electrons. The third kappa shape index (κ3) is 1.71. The summed E-state index contributed by atoms with van der Waals surface area (Å²) >= 11 is 0. The van der Waals surface area contributed by atoms with Crippen molar-refractivity contribution in [3.05, 3.63) is 12.3 Å². The van der Waals surface area contributed by atoms with Crippen LogP contribution in [0.1, 0.15) is 12.8 Å². The molecule has 0 saturated carbocycles. The first-order valence-corrected chi connectivity index (χ1v) is 5.90. The van der Waals surface area contributed by atoms with E-state index in [0.717, 1.165) is 24.9 Å². The van der Waals surface area contributed by atoms with E-state index < -0.39 is 0 Å². The highest BCUT2D eigenvalue weighted by atomic mass is 15.3. The molecule has 0 aromatic carbocycles. The summed E-state index contributed by atoms with van der Waals surface area (Å²) in [5, 5.41) is 0. The zero-order valence-corrected chi connectivity index (χ0v) is 9.34. The van der Waals surface area contributed by atoms with E-state index in [2.05, 4.69) is 19.8 Å². The fraction of sp³-hybridized carbons (Fsp3) is 0.636. The summed E-state index contributed by atoms with van der Waals surface area (Å²) < 4.78 is 0. The number of nitrogens with two attached hydrogens (primary N) is 1. The molecule has 2 fully saturated rings. The molecule has 0 amide bonds. The lowest BCUT2D eigenvalue weighted by molar-refractivity contribution is 0.204. The van der Waals surface area contributed by atoms with Gasteiger partial charge in [-0.15, -0.1) is 0 Å². The Kier molecular flexibility index (Phi) is 2.40. The van der Waals surface area contributed by atoms with Gasteiger partial charge in [0.15, 0.2) is 0 Å². The summed E-state index contributed by atoms with van der Waals surface area (Å²) in [6.45, 7) is 4.70. The molecule has 2 N–H and O–H groups in total. The van der Waals surface area contributed by atoms with Crippen LogP contribution in [-0.2, 0) is 0 Å². The zero-order valence-electron chi connectivity index (χ0n) is 9.34. The van der Waals surface area contributed by atoms with E-state index in [1.54, 1.807) is 6.20 Å². The first-order chi connectivity index (χ1) is 7.83. The van der Waals surface area contributed by atoms with Crippen LogP contribution in [0.2, 0.25) is 0 Å². The Labute approximate surface area is 95.3 Å². The van der Waals surface area contributed by atoms with Crippen LogP contribution in [-0.4, -0.2) is 47.1 Å². The molecule has 0 aliphatic carbocycles.